The summed E-state index contributed by atoms with van der Waals surface area (Å²) in [5.41, 5.74) is 0.911. The summed E-state index contributed by atoms with van der Waals surface area (Å²) in [7, 11) is 0. The van der Waals surface area contributed by atoms with E-state index in [4.69, 9.17) is 9.47 Å². The van der Waals surface area contributed by atoms with Crippen molar-refractivity contribution in [2.24, 2.45) is 0 Å². The summed E-state index contributed by atoms with van der Waals surface area (Å²) in [5, 5.41) is 0. The van der Waals surface area contributed by atoms with E-state index in [1.807, 2.05) is 0 Å². The number of carbonyl (C=O) groups excluding carboxylic acids is 2. The van der Waals surface area contributed by atoms with Gasteiger partial charge in [0.05, 0.1) is 24.6 Å². The van der Waals surface area contributed by atoms with Gasteiger partial charge < -0.3 is 9.47 Å². The molecule has 0 N–H and O–H groups in total. The quantitative estimate of drug-likeness (QED) is 0.588. The second-order valence-electron chi connectivity index (χ2n) is 6.35. The molecular formula is C18H26N2O4. The fourth-order valence-corrected chi connectivity index (χ4v) is 3.36. The Morgan fingerprint density at radius 2 is 1.58 bits per heavy atom. The van der Waals surface area contributed by atoms with Crippen LogP contribution in [0.2, 0.25) is 0 Å². The van der Waals surface area contributed by atoms with E-state index < -0.39 is 17.9 Å². The number of carbonyl (C=O) groups is 2. The Hall–Kier alpha value is -1.98. The lowest BCUT2D eigenvalue weighted by Gasteiger charge is -2.34. The first-order valence-electron chi connectivity index (χ1n) is 8.68. The first-order valence-corrected chi connectivity index (χ1v) is 8.68. The fraction of sp³-hybridized carbons (Fsp3) is 0.667. The van der Waals surface area contributed by atoms with Crippen molar-refractivity contribution in [3.05, 3.63) is 23.8 Å². The first-order chi connectivity index (χ1) is 11.5. The number of nitrogens with zero attached hydrogens (tertiary/aromatic N) is 2. The molecule has 1 aliphatic carbocycles. The van der Waals surface area contributed by atoms with E-state index in [0.29, 0.717) is 5.69 Å². The lowest BCUT2D eigenvalue weighted by molar-refractivity contribution is -0.157. The molecule has 1 aromatic rings. The van der Waals surface area contributed by atoms with Crippen LogP contribution in [-0.2, 0) is 24.5 Å². The highest BCUT2D eigenvalue weighted by molar-refractivity contribution is 6.00. The molecule has 0 bridgehead atoms. The average Bonchev–Trinajstić information content (AvgIpc) is 2.57. The minimum absolute atomic E-state index is 0.181. The van der Waals surface area contributed by atoms with Gasteiger partial charge in [0.2, 0.25) is 0 Å². The van der Waals surface area contributed by atoms with Crippen LogP contribution in [0, 0.1) is 0 Å². The molecule has 0 spiro atoms. The Bertz CT molecular complexity index is 564. The zero-order chi connectivity index (χ0) is 17.6. The summed E-state index contributed by atoms with van der Waals surface area (Å²) in [4.78, 5) is 33.7. The first kappa shape index (κ1) is 18.4. The molecule has 1 heterocycles. The molecule has 0 atom stereocenters. The van der Waals surface area contributed by atoms with E-state index in [1.165, 1.54) is 12.6 Å². The smallest absolute Gasteiger partial charge is 0.326 e. The summed E-state index contributed by atoms with van der Waals surface area (Å²) in [6, 6.07) is 0. The molecule has 24 heavy (non-hydrogen) atoms. The van der Waals surface area contributed by atoms with Gasteiger partial charge >= 0.3 is 11.9 Å². The number of rotatable bonds is 6. The van der Waals surface area contributed by atoms with Gasteiger partial charge in [-0.3, -0.25) is 19.6 Å². The van der Waals surface area contributed by atoms with Gasteiger partial charge in [0.1, 0.15) is 0 Å². The lowest BCUT2D eigenvalue weighted by atomic mass is 9.71. The molecule has 0 radical (unpaired) electrons. The van der Waals surface area contributed by atoms with Crippen LogP contribution < -0.4 is 0 Å². The third-order valence-electron chi connectivity index (χ3n) is 4.57. The van der Waals surface area contributed by atoms with Crippen molar-refractivity contribution < 1.29 is 19.1 Å². The van der Waals surface area contributed by atoms with Crippen LogP contribution in [0.5, 0.6) is 0 Å². The lowest BCUT2D eigenvalue weighted by Crippen LogP contribution is -2.33. The third kappa shape index (κ3) is 3.91. The highest BCUT2D eigenvalue weighted by Crippen LogP contribution is 2.40. The molecular weight excluding hydrogens is 308 g/mol. The van der Waals surface area contributed by atoms with Crippen molar-refractivity contribution in [3.63, 3.8) is 0 Å². The largest absolute Gasteiger partial charge is 0.465 e. The number of aromatic nitrogens is 2. The van der Waals surface area contributed by atoms with Gasteiger partial charge in [-0.15, -0.1) is 0 Å². The van der Waals surface area contributed by atoms with Crippen molar-refractivity contribution in [1.82, 2.24) is 9.97 Å². The summed E-state index contributed by atoms with van der Waals surface area (Å²) < 4.78 is 10.2. The second kappa shape index (κ2) is 8.22. The van der Waals surface area contributed by atoms with Crippen LogP contribution in [0.3, 0.4) is 0 Å². The number of ether oxygens (including phenoxy) is 2. The Labute approximate surface area is 143 Å². The van der Waals surface area contributed by atoms with Crippen molar-refractivity contribution in [2.75, 3.05) is 13.2 Å². The Balaban J connectivity index is 2.46. The molecule has 0 saturated heterocycles. The maximum atomic E-state index is 12.4. The maximum Gasteiger partial charge on any atom is 0.326 e. The summed E-state index contributed by atoms with van der Waals surface area (Å²) in [5.74, 6) is -2.43. The highest BCUT2D eigenvalue weighted by atomic mass is 16.6. The monoisotopic (exact) mass is 334 g/mol. The zero-order valence-corrected chi connectivity index (χ0v) is 14.7. The highest BCUT2D eigenvalue weighted by Gasteiger charge is 2.40. The van der Waals surface area contributed by atoms with Gasteiger partial charge in [-0.25, -0.2) is 0 Å². The van der Waals surface area contributed by atoms with Gasteiger partial charge in [-0.05, 0) is 26.7 Å². The van der Waals surface area contributed by atoms with Crippen LogP contribution in [0.1, 0.15) is 70.2 Å². The van der Waals surface area contributed by atoms with Crippen LogP contribution in [0.15, 0.2) is 12.4 Å². The molecule has 0 aliphatic heterocycles. The van der Waals surface area contributed by atoms with Crippen molar-refractivity contribution >= 4 is 11.9 Å². The molecule has 0 unspecified atom stereocenters. The molecule has 2 rings (SSSR count). The van der Waals surface area contributed by atoms with Crippen LogP contribution in [-0.4, -0.2) is 35.1 Å². The van der Waals surface area contributed by atoms with E-state index in [2.05, 4.69) is 16.9 Å². The van der Waals surface area contributed by atoms with E-state index in [0.717, 1.165) is 31.4 Å². The van der Waals surface area contributed by atoms with Crippen molar-refractivity contribution in [2.45, 2.75) is 64.2 Å². The second-order valence-corrected chi connectivity index (χ2v) is 6.35. The van der Waals surface area contributed by atoms with Gasteiger partial charge in [-0.2, -0.15) is 0 Å². The predicted octanol–water partition coefficient (Wildman–Crippen LogP) is 2.91. The van der Waals surface area contributed by atoms with Crippen molar-refractivity contribution in [1.29, 1.82) is 0 Å². The molecule has 0 aromatic carbocycles. The van der Waals surface area contributed by atoms with E-state index in [1.54, 1.807) is 20.0 Å². The fourth-order valence-electron chi connectivity index (χ4n) is 3.36. The molecule has 1 saturated carbocycles. The van der Waals surface area contributed by atoms with Gasteiger partial charge in [-0.1, -0.05) is 26.2 Å². The van der Waals surface area contributed by atoms with Gasteiger partial charge in [0.25, 0.3) is 0 Å². The molecule has 6 heteroatoms. The SMILES string of the molecule is CCOC(=O)C(C(=O)OCC)c1nccnc1C1(C)CCCCC1. The average molecular weight is 334 g/mol. The van der Waals surface area contributed by atoms with E-state index in [-0.39, 0.29) is 18.6 Å². The molecule has 132 valence electrons. The summed E-state index contributed by atoms with van der Waals surface area (Å²) >= 11 is 0. The summed E-state index contributed by atoms with van der Waals surface area (Å²) in [6.45, 7) is 5.94. The Kier molecular flexibility index (Phi) is 6.29. The topological polar surface area (TPSA) is 78.4 Å². The number of hydrogen-bond donors (Lipinski definition) is 0. The molecule has 1 fully saturated rings. The van der Waals surface area contributed by atoms with Crippen LogP contribution >= 0.6 is 0 Å². The zero-order valence-electron chi connectivity index (χ0n) is 14.7. The molecule has 1 aliphatic rings. The normalized spacial score (nSPS) is 16.7. The van der Waals surface area contributed by atoms with E-state index >= 15 is 0 Å². The van der Waals surface area contributed by atoms with Gasteiger partial charge in [0, 0.05) is 17.8 Å². The maximum absolute atomic E-state index is 12.4. The van der Waals surface area contributed by atoms with E-state index in [9.17, 15) is 9.59 Å². The minimum atomic E-state index is -1.17. The van der Waals surface area contributed by atoms with Crippen LogP contribution in [0.4, 0.5) is 0 Å². The number of hydrogen-bond acceptors (Lipinski definition) is 6. The number of esters is 2. The van der Waals surface area contributed by atoms with Crippen molar-refractivity contribution in [3.8, 4) is 0 Å². The standard InChI is InChI=1S/C18H26N2O4/c1-4-23-16(21)13(17(22)24-5-2)14-15(20-12-11-19-14)18(3)9-7-6-8-10-18/h11-13H,4-10H2,1-3H3. The Morgan fingerprint density at radius 1 is 1.04 bits per heavy atom. The molecule has 1 aromatic heterocycles. The molecule has 6 nitrogen and oxygen atoms in total. The predicted molar refractivity (Wildman–Crippen MR) is 88.5 cm³/mol. The van der Waals surface area contributed by atoms with Crippen LogP contribution in [0.25, 0.3) is 0 Å². The summed E-state index contributed by atoms with van der Waals surface area (Å²) in [6.07, 6.45) is 8.48. The Morgan fingerprint density at radius 3 is 2.12 bits per heavy atom. The molecule has 0 amide bonds. The van der Waals surface area contributed by atoms with Gasteiger partial charge in [0.15, 0.2) is 5.92 Å². The minimum Gasteiger partial charge on any atom is -0.465 e. The third-order valence-corrected chi connectivity index (χ3v) is 4.57.